The zero-order valence-corrected chi connectivity index (χ0v) is 18.3. The number of halogens is 1. The molecule has 22 heavy (non-hydrogen) atoms. The average Bonchev–Trinajstić information content (AvgIpc) is 2.45. The molecule has 0 rings (SSSR count). The van der Waals surface area contributed by atoms with Crippen LogP contribution in [0.1, 0.15) is 104 Å². The fourth-order valence-corrected chi connectivity index (χ4v) is 3.11. The van der Waals surface area contributed by atoms with Gasteiger partial charge in [-0.3, -0.25) is 0 Å². The van der Waals surface area contributed by atoms with Crippen molar-refractivity contribution >= 4 is 0 Å². The Morgan fingerprint density at radius 3 is 1.05 bits per heavy atom. The minimum absolute atomic E-state index is 0. The smallest absolute Gasteiger partial charge is 0.0782 e. The first kappa shape index (κ1) is 24.9. The van der Waals surface area contributed by atoms with Crippen molar-refractivity contribution in [2.45, 2.75) is 104 Å². The van der Waals surface area contributed by atoms with Crippen LogP contribution in [0.25, 0.3) is 0 Å². The second-order valence-electron chi connectivity index (χ2n) is 7.63. The molecule has 0 amide bonds. The zero-order valence-electron chi connectivity index (χ0n) is 16.1. The van der Waals surface area contributed by atoms with E-state index in [0.29, 0.717) is 0 Å². The van der Waals surface area contributed by atoms with Crippen LogP contribution in [0.3, 0.4) is 0 Å². The third kappa shape index (κ3) is 18.7. The number of hydrogen-bond donors (Lipinski definition) is 0. The van der Waals surface area contributed by atoms with Crippen LogP contribution < -0.4 is 24.0 Å². The Morgan fingerprint density at radius 2 is 0.727 bits per heavy atom. The number of quaternary nitrogens is 1. The summed E-state index contributed by atoms with van der Waals surface area (Å²) in [5.41, 5.74) is 0. The van der Waals surface area contributed by atoms with Gasteiger partial charge in [-0.25, -0.2) is 0 Å². The molecule has 0 N–H and O–H groups in total. The minimum atomic E-state index is 0. The quantitative estimate of drug-likeness (QED) is 0.202. The van der Waals surface area contributed by atoms with Gasteiger partial charge in [-0.05, 0) is 25.7 Å². The van der Waals surface area contributed by atoms with Gasteiger partial charge in [0.25, 0.3) is 0 Å². The van der Waals surface area contributed by atoms with E-state index in [-0.39, 0.29) is 24.0 Å². The van der Waals surface area contributed by atoms with E-state index in [9.17, 15) is 0 Å². The van der Waals surface area contributed by atoms with E-state index < -0.39 is 0 Å². The molecule has 0 aliphatic rings. The minimum Gasteiger partial charge on any atom is -1.00 e. The third-order valence-electron chi connectivity index (χ3n) is 4.73. The predicted molar refractivity (Wildman–Crippen MR) is 97.8 cm³/mol. The summed E-state index contributed by atoms with van der Waals surface area (Å²) >= 11 is 0. The Kier molecular flexibility index (Phi) is 20.4. The van der Waals surface area contributed by atoms with Crippen molar-refractivity contribution in [1.29, 1.82) is 0 Å². The maximum atomic E-state index is 2.42. The van der Waals surface area contributed by atoms with E-state index in [1.54, 1.807) is 0 Å². The van der Waals surface area contributed by atoms with Crippen LogP contribution in [-0.4, -0.2) is 31.7 Å². The molecule has 0 spiro atoms. The maximum Gasteiger partial charge on any atom is 0.0782 e. The molecular formula is C20H44IN. The van der Waals surface area contributed by atoms with E-state index in [2.05, 4.69) is 27.9 Å². The summed E-state index contributed by atoms with van der Waals surface area (Å²) in [5, 5.41) is 0. The highest BCUT2D eigenvalue weighted by atomic mass is 127. The van der Waals surface area contributed by atoms with Gasteiger partial charge in [0.1, 0.15) is 0 Å². The number of rotatable bonds is 16. The van der Waals surface area contributed by atoms with Gasteiger partial charge in [-0.1, -0.05) is 78.1 Å². The van der Waals surface area contributed by atoms with Crippen molar-refractivity contribution < 1.29 is 28.5 Å². The van der Waals surface area contributed by atoms with Crippen LogP contribution in [0.4, 0.5) is 0 Å². The fourth-order valence-electron chi connectivity index (χ4n) is 3.11. The van der Waals surface area contributed by atoms with Crippen LogP contribution in [0, 0.1) is 0 Å². The summed E-state index contributed by atoms with van der Waals surface area (Å²) in [7, 11) is 4.85. The second kappa shape index (κ2) is 18.0. The van der Waals surface area contributed by atoms with Crippen molar-refractivity contribution in [3.63, 3.8) is 0 Å². The second-order valence-corrected chi connectivity index (χ2v) is 7.63. The van der Waals surface area contributed by atoms with Gasteiger partial charge >= 0.3 is 0 Å². The summed E-state index contributed by atoms with van der Waals surface area (Å²) < 4.78 is 1.24. The first-order chi connectivity index (χ1) is 10.1. The molecule has 0 radical (unpaired) electrons. The van der Waals surface area contributed by atoms with Gasteiger partial charge in [0.2, 0.25) is 0 Å². The summed E-state index contributed by atoms with van der Waals surface area (Å²) in [6.07, 6.45) is 20.1. The van der Waals surface area contributed by atoms with Gasteiger partial charge in [-0.15, -0.1) is 0 Å². The highest BCUT2D eigenvalue weighted by Crippen LogP contribution is 2.12. The van der Waals surface area contributed by atoms with Crippen LogP contribution >= 0.6 is 0 Å². The van der Waals surface area contributed by atoms with Gasteiger partial charge in [0.05, 0.1) is 27.2 Å². The standard InChI is InChI=1S/C20H44N.HI/c1-5-7-9-11-13-14-16-18-20-21(3,4)19-17-15-12-10-8-6-2;/h5-20H2,1-4H3;1H/q+1;/p-1. The highest BCUT2D eigenvalue weighted by molar-refractivity contribution is 4.48. The molecule has 0 saturated carbocycles. The van der Waals surface area contributed by atoms with Crippen molar-refractivity contribution in [2.24, 2.45) is 0 Å². The molecule has 0 aromatic heterocycles. The van der Waals surface area contributed by atoms with Crippen molar-refractivity contribution in [1.82, 2.24) is 0 Å². The van der Waals surface area contributed by atoms with Crippen LogP contribution in [0.5, 0.6) is 0 Å². The molecule has 0 bridgehead atoms. The number of nitrogens with zero attached hydrogens (tertiary/aromatic N) is 1. The monoisotopic (exact) mass is 425 g/mol. The van der Waals surface area contributed by atoms with Crippen LogP contribution in [0.2, 0.25) is 0 Å². The van der Waals surface area contributed by atoms with Crippen LogP contribution in [0.15, 0.2) is 0 Å². The maximum absolute atomic E-state index is 2.42. The zero-order chi connectivity index (χ0) is 15.8. The largest absolute Gasteiger partial charge is 1.00 e. The predicted octanol–water partition coefficient (Wildman–Crippen LogP) is 3.57. The topological polar surface area (TPSA) is 0 Å². The molecule has 2 heteroatoms. The Bertz CT molecular complexity index is 204. The molecule has 136 valence electrons. The van der Waals surface area contributed by atoms with Gasteiger partial charge in [0, 0.05) is 0 Å². The highest BCUT2D eigenvalue weighted by Gasteiger charge is 2.13. The Balaban J connectivity index is 0. The van der Waals surface area contributed by atoms with Gasteiger partial charge in [-0.2, -0.15) is 0 Å². The van der Waals surface area contributed by atoms with Crippen LogP contribution in [-0.2, 0) is 0 Å². The fraction of sp³-hybridized carbons (Fsp3) is 1.00. The Hall–Kier alpha value is 0.690. The summed E-state index contributed by atoms with van der Waals surface area (Å²) in [6.45, 7) is 7.35. The van der Waals surface area contributed by atoms with E-state index in [4.69, 9.17) is 0 Å². The first-order valence-electron chi connectivity index (χ1n) is 9.94. The lowest BCUT2D eigenvalue weighted by Gasteiger charge is -2.30. The van der Waals surface area contributed by atoms with E-state index in [0.717, 1.165) is 0 Å². The Morgan fingerprint density at radius 1 is 0.455 bits per heavy atom. The third-order valence-corrected chi connectivity index (χ3v) is 4.73. The SMILES string of the molecule is CCCCCCCCCC[N+](C)(C)CCCCCCCC.[I-]. The van der Waals surface area contributed by atoms with E-state index in [1.807, 2.05) is 0 Å². The molecule has 0 heterocycles. The van der Waals surface area contributed by atoms with Gasteiger partial charge < -0.3 is 28.5 Å². The number of unbranched alkanes of at least 4 members (excludes halogenated alkanes) is 12. The van der Waals surface area contributed by atoms with E-state index >= 15 is 0 Å². The van der Waals surface area contributed by atoms with Crippen molar-refractivity contribution in [2.75, 3.05) is 27.2 Å². The lowest BCUT2D eigenvalue weighted by atomic mass is 10.1. The molecule has 0 saturated heterocycles. The molecular weight excluding hydrogens is 381 g/mol. The first-order valence-corrected chi connectivity index (χ1v) is 9.94. The summed E-state index contributed by atoms with van der Waals surface area (Å²) in [4.78, 5) is 0. The van der Waals surface area contributed by atoms with Crippen molar-refractivity contribution in [3.8, 4) is 0 Å². The molecule has 0 fully saturated rings. The normalized spacial score (nSPS) is 11.5. The molecule has 1 nitrogen and oxygen atoms in total. The molecule has 0 aromatic rings. The molecule has 0 aromatic carbocycles. The molecule has 0 aliphatic carbocycles. The lowest BCUT2D eigenvalue weighted by molar-refractivity contribution is -0.890. The van der Waals surface area contributed by atoms with Crippen molar-refractivity contribution in [3.05, 3.63) is 0 Å². The van der Waals surface area contributed by atoms with E-state index in [1.165, 1.54) is 107 Å². The molecule has 0 atom stereocenters. The summed E-state index contributed by atoms with van der Waals surface area (Å²) in [6, 6.07) is 0. The molecule has 0 unspecified atom stereocenters. The molecule has 0 aliphatic heterocycles. The van der Waals surface area contributed by atoms with Gasteiger partial charge in [0.15, 0.2) is 0 Å². The lowest BCUT2D eigenvalue weighted by Crippen LogP contribution is -3.00. The average molecular weight is 425 g/mol. The summed E-state index contributed by atoms with van der Waals surface area (Å²) in [5.74, 6) is 0. The Labute approximate surface area is 159 Å². The number of hydrogen-bond acceptors (Lipinski definition) is 0.